The van der Waals surface area contributed by atoms with Crippen molar-refractivity contribution in [2.75, 3.05) is 34.0 Å². The molecule has 0 aliphatic rings. The fourth-order valence-corrected chi connectivity index (χ4v) is 0.916. The second kappa shape index (κ2) is 17.9. The molecule has 9 heteroatoms. The van der Waals surface area contributed by atoms with Crippen LogP contribution in [0.2, 0.25) is 0 Å². The number of ether oxygens (including phenoxy) is 2. The zero-order valence-electron chi connectivity index (χ0n) is 10.7. The van der Waals surface area contributed by atoms with Crippen LogP contribution in [0.5, 0.6) is 0 Å². The van der Waals surface area contributed by atoms with E-state index in [-0.39, 0.29) is 52.1 Å². The van der Waals surface area contributed by atoms with Gasteiger partial charge in [-0.1, -0.05) is 0 Å². The molecule has 0 amide bonds. The molecule has 0 aromatic heterocycles. The van der Waals surface area contributed by atoms with Crippen molar-refractivity contribution in [2.45, 2.75) is 24.6 Å². The van der Waals surface area contributed by atoms with Crippen LogP contribution in [-0.4, -0.2) is 80.7 Å². The Bertz CT molecular complexity index is 151. The van der Waals surface area contributed by atoms with Crippen LogP contribution in [0.25, 0.3) is 0 Å². The number of methoxy groups -OCH3 is 1. The quantitative estimate of drug-likeness (QED) is 0.142. The Hall–Kier alpha value is 0.876. The number of hydrogen-bond acceptors (Lipinski definition) is 7. The van der Waals surface area contributed by atoms with Crippen molar-refractivity contribution in [1.29, 1.82) is 0 Å². The van der Waals surface area contributed by atoms with Gasteiger partial charge in [0.15, 0.2) is 0 Å². The van der Waals surface area contributed by atoms with Crippen LogP contribution < -0.4 is 0 Å². The van der Waals surface area contributed by atoms with Crippen molar-refractivity contribution in [2.24, 2.45) is 0 Å². The molecule has 3 unspecified atom stereocenters. The molecule has 0 rings (SSSR count). The molecule has 18 heavy (non-hydrogen) atoms. The summed E-state index contributed by atoms with van der Waals surface area (Å²) >= 11 is 0. The van der Waals surface area contributed by atoms with E-state index >= 15 is 0 Å². The first kappa shape index (κ1) is 23.9. The van der Waals surface area contributed by atoms with Crippen LogP contribution >= 0.6 is 0 Å². The maximum Gasteiger partial charge on any atom is 0.112 e. The molecule has 0 spiro atoms. The Balaban J connectivity index is -0.000000507. The van der Waals surface area contributed by atoms with E-state index in [9.17, 15) is 5.11 Å². The van der Waals surface area contributed by atoms with Crippen molar-refractivity contribution >= 4 is 7.85 Å². The summed E-state index contributed by atoms with van der Waals surface area (Å²) in [6.45, 7) is -0.0537. The van der Waals surface area contributed by atoms with Gasteiger partial charge in [0.25, 0.3) is 0 Å². The molecule has 4 N–H and O–H groups in total. The minimum atomic E-state index is -1.08. The van der Waals surface area contributed by atoms with Gasteiger partial charge in [0.2, 0.25) is 0 Å². The molecule has 0 aromatic carbocycles. The van der Waals surface area contributed by atoms with Crippen molar-refractivity contribution in [3.8, 4) is 0 Å². The summed E-state index contributed by atoms with van der Waals surface area (Å²) in [6, 6.07) is -0.918. The molecular weight excluding hydrogens is 462 g/mol. The summed E-state index contributed by atoms with van der Waals surface area (Å²) in [6.07, 6.45) is -1.38. The minimum absolute atomic E-state index is 0. The van der Waals surface area contributed by atoms with Crippen LogP contribution in [0.1, 0.15) is 6.42 Å². The summed E-state index contributed by atoms with van der Waals surface area (Å²) in [5.74, 6) is 0. The monoisotopic (exact) mass is 483 g/mol. The summed E-state index contributed by atoms with van der Waals surface area (Å²) in [5.41, 5.74) is 0. The van der Waals surface area contributed by atoms with E-state index in [1.165, 1.54) is 14.2 Å². The fourth-order valence-electron chi connectivity index (χ4n) is 0.916. The van der Waals surface area contributed by atoms with Crippen molar-refractivity contribution < 1.29 is 67.2 Å². The fraction of sp³-hybridized carbons (Fsp3) is 1.00. The predicted molar refractivity (Wildman–Crippen MR) is 60.7 cm³/mol. The largest absolute Gasteiger partial charge is 0.396 e. The molecule has 7 nitrogen and oxygen atoms in total. The number of aliphatic hydroxyl groups is 3. The van der Waals surface area contributed by atoms with Crippen molar-refractivity contribution in [3.63, 3.8) is 0 Å². The van der Waals surface area contributed by atoms with Gasteiger partial charge >= 0.3 is 0 Å². The normalized spacial score (nSPS) is 14.8. The van der Waals surface area contributed by atoms with E-state index in [2.05, 4.69) is 4.89 Å². The molecular formula is C9H21BO7Pa. The van der Waals surface area contributed by atoms with Gasteiger partial charge in [-0.2, -0.15) is 0 Å². The SMILES string of the molecule is COO.[B]C(OCCCO)C(O)C(CO)OC.[Pa]. The van der Waals surface area contributed by atoms with Crippen LogP contribution in [0.4, 0.5) is 0 Å². The molecule has 0 aliphatic heterocycles. The Morgan fingerprint density at radius 1 is 1.22 bits per heavy atom. The number of aliphatic hydroxyl groups excluding tert-OH is 3. The molecule has 0 heterocycles. The van der Waals surface area contributed by atoms with E-state index in [1.807, 2.05) is 0 Å². The van der Waals surface area contributed by atoms with Gasteiger partial charge < -0.3 is 24.8 Å². The van der Waals surface area contributed by atoms with Gasteiger partial charge in [-0.3, -0.25) is 5.26 Å². The molecule has 0 aliphatic carbocycles. The third-order valence-corrected chi connectivity index (χ3v) is 1.81. The van der Waals surface area contributed by atoms with Crippen LogP contribution in [0, 0.1) is 32.3 Å². The minimum Gasteiger partial charge on any atom is -0.396 e. The van der Waals surface area contributed by atoms with Crippen LogP contribution in [0.3, 0.4) is 0 Å². The molecule has 0 saturated carbocycles. The molecule has 0 saturated heterocycles. The van der Waals surface area contributed by atoms with E-state index in [1.54, 1.807) is 0 Å². The van der Waals surface area contributed by atoms with Gasteiger partial charge in [0.1, 0.15) is 14.0 Å². The maximum atomic E-state index is 9.48. The van der Waals surface area contributed by atoms with Gasteiger partial charge in [0.05, 0.1) is 19.8 Å². The first-order valence-electron chi connectivity index (χ1n) is 5.06. The van der Waals surface area contributed by atoms with Crippen LogP contribution in [-0.2, 0) is 14.4 Å². The third-order valence-electron chi connectivity index (χ3n) is 1.81. The summed E-state index contributed by atoms with van der Waals surface area (Å²) in [5, 5.41) is 33.8. The first-order chi connectivity index (χ1) is 8.08. The third kappa shape index (κ3) is 13.3. The Morgan fingerprint density at radius 3 is 2.06 bits per heavy atom. The van der Waals surface area contributed by atoms with Crippen molar-refractivity contribution in [3.05, 3.63) is 0 Å². The zero-order chi connectivity index (χ0) is 13.7. The van der Waals surface area contributed by atoms with Crippen molar-refractivity contribution in [1.82, 2.24) is 0 Å². The standard InChI is InChI=1S/C8H17BO5.CH4O2.Pa/c1-13-6(5-11)7(12)8(9)14-4-2-3-10;1-3-2;/h6-8,10-12H,2-5H2,1H3;2H,1H3;. The average Bonchev–Trinajstić information content (AvgIpc) is 2.31. The molecule has 0 aromatic rings. The number of hydrogen-bond donors (Lipinski definition) is 4. The Kier molecular flexibility index (Phi) is 23.8. The summed E-state index contributed by atoms with van der Waals surface area (Å²) < 4.78 is 9.78. The van der Waals surface area contributed by atoms with Gasteiger partial charge in [-0.15, -0.1) is 0 Å². The van der Waals surface area contributed by atoms with E-state index in [0.717, 1.165) is 0 Å². The average molecular weight is 483 g/mol. The molecule has 3 atom stereocenters. The molecule has 105 valence electrons. The predicted octanol–water partition coefficient (Wildman–Crippen LogP) is -1.65. The van der Waals surface area contributed by atoms with E-state index in [4.69, 9.17) is 32.8 Å². The second-order valence-corrected chi connectivity index (χ2v) is 3.04. The Morgan fingerprint density at radius 2 is 1.72 bits per heavy atom. The summed E-state index contributed by atoms with van der Waals surface area (Å²) in [4.78, 5) is 3.25. The van der Waals surface area contributed by atoms with Gasteiger partial charge in [-0.05, 0) is 6.42 Å². The van der Waals surface area contributed by atoms with Gasteiger partial charge in [-0.25, -0.2) is 4.89 Å². The zero-order valence-corrected chi connectivity index (χ0v) is 15.5. The Labute approximate surface area is 133 Å². The molecule has 0 fully saturated rings. The second-order valence-electron chi connectivity index (χ2n) is 3.04. The first-order valence-corrected chi connectivity index (χ1v) is 5.06. The molecule has 0 bridgehead atoms. The van der Waals surface area contributed by atoms with Gasteiger partial charge in [0, 0.05) is 58.6 Å². The van der Waals surface area contributed by atoms with E-state index < -0.39 is 18.2 Å². The van der Waals surface area contributed by atoms with Crippen LogP contribution in [0.15, 0.2) is 0 Å². The number of rotatable bonds is 8. The molecule has 3 radical (unpaired) electrons. The smallest absolute Gasteiger partial charge is 0.112 e. The summed E-state index contributed by atoms with van der Waals surface area (Å²) in [7, 11) is 8.01. The topological polar surface area (TPSA) is 109 Å². The van der Waals surface area contributed by atoms with E-state index in [0.29, 0.717) is 6.42 Å². The maximum absolute atomic E-state index is 9.48.